The highest BCUT2D eigenvalue weighted by Gasteiger charge is 2.18. The van der Waals surface area contributed by atoms with E-state index in [0.29, 0.717) is 27.0 Å². The van der Waals surface area contributed by atoms with Gasteiger partial charge in [-0.2, -0.15) is 0 Å². The highest BCUT2D eigenvalue weighted by atomic mass is 32.1. The van der Waals surface area contributed by atoms with Crippen molar-refractivity contribution in [3.05, 3.63) is 64.8 Å². The number of methoxy groups -OCH3 is 1. The van der Waals surface area contributed by atoms with E-state index in [2.05, 4.69) is 10.3 Å². The number of nitrogens with one attached hydrogen (secondary N) is 1. The van der Waals surface area contributed by atoms with Crippen LogP contribution in [0.25, 0.3) is 0 Å². The quantitative estimate of drug-likeness (QED) is 0.688. The molecule has 0 aliphatic heterocycles. The molecule has 0 spiro atoms. The molecule has 0 saturated heterocycles. The Kier molecular flexibility index (Phi) is 4.43. The standard InChI is InChI=1S/C17H14FN3O2S/c1-23-13-4-2-3-10(9-13)14(22)15-16(19)21-17(24-15)20-12-7-5-11(18)6-8-12/h2-9H,19H2,1H3,(H,20,21). The summed E-state index contributed by atoms with van der Waals surface area (Å²) in [6, 6.07) is 12.7. The fourth-order valence-corrected chi connectivity index (χ4v) is 2.97. The molecule has 0 radical (unpaired) electrons. The molecule has 0 aliphatic carbocycles. The Labute approximate surface area is 141 Å². The third kappa shape index (κ3) is 3.36. The molecule has 0 aliphatic rings. The van der Waals surface area contributed by atoms with Gasteiger partial charge in [0, 0.05) is 11.3 Å². The predicted molar refractivity (Wildman–Crippen MR) is 92.6 cm³/mol. The molecule has 0 amide bonds. The number of nitrogen functional groups attached to an aromatic ring is 1. The van der Waals surface area contributed by atoms with Crippen molar-refractivity contribution in [1.29, 1.82) is 0 Å². The zero-order valence-electron chi connectivity index (χ0n) is 12.7. The van der Waals surface area contributed by atoms with Gasteiger partial charge in [-0.15, -0.1) is 0 Å². The molecule has 1 aromatic heterocycles. The minimum absolute atomic E-state index is 0.150. The summed E-state index contributed by atoms with van der Waals surface area (Å²) in [6.07, 6.45) is 0. The SMILES string of the molecule is COc1cccc(C(=O)c2sc(Nc3ccc(F)cc3)nc2N)c1. The molecule has 0 fully saturated rings. The molecule has 1 heterocycles. The van der Waals surface area contributed by atoms with Gasteiger partial charge in [0.25, 0.3) is 0 Å². The van der Waals surface area contributed by atoms with Crippen molar-refractivity contribution in [2.45, 2.75) is 0 Å². The number of aromatic nitrogens is 1. The molecule has 24 heavy (non-hydrogen) atoms. The van der Waals surface area contributed by atoms with Gasteiger partial charge in [0.2, 0.25) is 5.78 Å². The first kappa shape index (κ1) is 15.9. The summed E-state index contributed by atoms with van der Waals surface area (Å²) in [6.45, 7) is 0. The van der Waals surface area contributed by atoms with E-state index in [1.165, 1.54) is 19.2 Å². The molecule has 3 rings (SSSR count). The van der Waals surface area contributed by atoms with Gasteiger partial charge >= 0.3 is 0 Å². The Morgan fingerprint density at radius 1 is 1.25 bits per heavy atom. The number of carbonyl (C=O) groups excluding carboxylic acids is 1. The molecule has 5 nitrogen and oxygen atoms in total. The normalized spacial score (nSPS) is 10.4. The third-order valence-electron chi connectivity index (χ3n) is 3.29. The number of hydrogen-bond acceptors (Lipinski definition) is 6. The van der Waals surface area contributed by atoms with E-state index in [4.69, 9.17) is 10.5 Å². The Bertz CT molecular complexity index is 878. The second-order valence-corrected chi connectivity index (χ2v) is 5.93. The van der Waals surface area contributed by atoms with E-state index in [0.717, 1.165) is 11.3 Å². The van der Waals surface area contributed by atoms with Crippen LogP contribution in [0.5, 0.6) is 5.75 Å². The maximum atomic E-state index is 12.9. The van der Waals surface area contributed by atoms with Crippen molar-refractivity contribution in [3.63, 3.8) is 0 Å². The zero-order valence-corrected chi connectivity index (χ0v) is 13.6. The number of nitrogens with two attached hydrogens (primary N) is 1. The van der Waals surface area contributed by atoms with Crippen LogP contribution in [0, 0.1) is 5.82 Å². The van der Waals surface area contributed by atoms with Crippen LogP contribution in [0.1, 0.15) is 15.2 Å². The number of hydrogen-bond donors (Lipinski definition) is 2. The van der Waals surface area contributed by atoms with Crippen LogP contribution in [0.4, 0.5) is 21.0 Å². The van der Waals surface area contributed by atoms with Gasteiger partial charge in [0.1, 0.15) is 22.3 Å². The van der Waals surface area contributed by atoms with E-state index in [-0.39, 0.29) is 17.4 Å². The smallest absolute Gasteiger partial charge is 0.206 e. The van der Waals surface area contributed by atoms with Gasteiger partial charge in [0.05, 0.1) is 7.11 Å². The van der Waals surface area contributed by atoms with Crippen LogP contribution >= 0.6 is 11.3 Å². The van der Waals surface area contributed by atoms with E-state index in [9.17, 15) is 9.18 Å². The molecule has 122 valence electrons. The molecule has 3 N–H and O–H groups in total. The van der Waals surface area contributed by atoms with Crippen molar-refractivity contribution in [2.75, 3.05) is 18.2 Å². The molecule has 2 aromatic carbocycles. The summed E-state index contributed by atoms with van der Waals surface area (Å²) < 4.78 is 18.1. The van der Waals surface area contributed by atoms with Crippen LogP contribution in [0.2, 0.25) is 0 Å². The summed E-state index contributed by atoms with van der Waals surface area (Å²) >= 11 is 1.14. The van der Waals surface area contributed by atoms with Crippen molar-refractivity contribution in [3.8, 4) is 5.75 Å². The molecule has 0 atom stereocenters. The largest absolute Gasteiger partial charge is 0.497 e. The number of ether oxygens (including phenoxy) is 1. The maximum absolute atomic E-state index is 12.9. The maximum Gasteiger partial charge on any atom is 0.206 e. The third-order valence-corrected chi connectivity index (χ3v) is 4.27. The number of thiazole rings is 1. The summed E-state index contributed by atoms with van der Waals surface area (Å²) in [4.78, 5) is 17.1. The van der Waals surface area contributed by atoms with Gasteiger partial charge in [-0.25, -0.2) is 9.37 Å². The number of carbonyl (C=O) groups is 1. The summed E-state index contributed by atoms with van der Waals surface area (Å²) in [5, 5.41) is 3.47. The Balaban J connectivity index is 1.85. The number of ketones is 1. The molecular weight excluding hydrogens is 329 g/mol. The number of rotatable bonds is 5. The van der Waals surface area contributed by atoms with Crippen LogP contribution in [-0.4, -0.2) is 17.9 Å². The van der Waals surface area contributed by atoms with E-state index in [1.807, 2.05) is 0 Å². The second-order valence-electron chi connectivity index (χ2n) is 4.93. The minimum Gasteiger partial charge on any atom is -0.497 e. The topological polar surface area (TPSA) is 77.2 Å². The van der Waals surface area contributed by atoms with Gasteiger partial charge in [-0.1, -0.05) is 23.5 Å². The summed E-state index contributed by atoms with van der Waals surface area (Å²) in [7, 11) is 1.54. The lowest BCUT2D eigenvalue weighted by Gasteiger charge is -2.02. The lowest BCUT2D eigenvalue weighted by Crippen LogP contribution is -2.02. The first-order valence-electron chi connectivity index (χ1n) is 7.04. The summed E-state index contributed by atoms with van der Waals surface area (Å²) in [5.41, 5.74) is 7.00. The Hall–Kier alpha value is -2.93. The Morgan fingerprint density at radius 3 is 2.71 bits per heavy atom. The first-order valence-corrected chi connectivity index (χ1v) is 7.86. The van der Waals surface area contributed by atoms with E-state index in [1.54, 1.807) is 36.4 Å². The fraction of sp³-hybridized carbons (Fsp3) is 0.0588. The van der Waals surface area contributed by atoms with Gasteiger partial charge in [-0.05, 0) is 36.4 Å². The molecule has 0 unspecified atom stereocenters. The number of nitrogens with zero attached hydrogens (tertiary/aromatic N) is 1. The predicted octanol–water partition coefficient (Wildman–Crippen LogP) is 3.85. The van der Waals surface area contributed by atoms with Crippen molar-refractivity contribution >= 4 is 33.8 Å². The molecular formula is C17H14FN3O2S. The van der Waals surface area contributed by atoms with Gasteiger partial charge in [0.15, 0.2) is 5.13 Å². The number of halogens is 1. The average Bonchev–Trinajstić information content (AvgIpc) is 2.96. The average molecular weight is 343 g/mol. The minimum atomic E-state index is -0.326. The first-order chi connectivity index (χ1) is 11.6. The van der Waals surface area contributed by atoms with Crippen LogP contribution < -0.4 is 15.8 Å². The number of anilines is 3. The lowest BCUT2D eigenvalue weighted by atomic mass is 10.1. The van der Waals surface area contributed by atoms with Crippen molar-refractivity contribution in [1.82, 2.24) is 4.98 Å². The highest BCUT2D eigenvalue weighted by Crippen LogP contribution is 2.30. The molecule has 7 heteroatoms. The highest BCUT2D eigenvalue weighted by molar-refractivity contribution is 7.18. The van der Waals surface area contributed by atoms with Crippen molar-refractivity contribution < 1.29 is 13.9 Å². The molecule has 3 aromatic rings. The zero-order chi connectivity index (χ0) is 17.1. The second kappa shape index (κ2) is 6.67. The monoisotopic (exact) mass is 343 g/mol. The van der Waals surface area contributed by atoms with Gasteiger partial charge in [-0.3, -0.25) is 4.79 Å². The molecule has 0 saturated carbocycles. The van der Waals surface area contributed by atoms with Crippen LogP contribution in [0.15, 0.2) is 48.5 Å². The Morgan fingerprint density at radius 2 is 2.00 bits per heavy atom. The lowest BCUT2D eigenvalue weighted by molar-refractivity contribution is 0.104. The van der Waals surface area contributed by atoms with Crippen LogP contribution in [0.3, 0.4) is 0 Å². The van der Waals surface area contributed by atoms with E-state index >= 15 is 0 Å². The van der Waals surface area contributed by atoms with Gasteiger partial charge < -0.3 is 15.8 Å². The summed E-state index contributed by atoms with van der Waals surface area (Å²) in [5.74, 6) is 0.190. The van der Waals surface area contributed by atoms with Crippen LogP contribution in [-0.2, 0) is 0 Å². The number of benzene rings is 2. The van der Waals surface area contributed by atoms with E-state index < -0.39 is 0 Å². The molecule has 0 bridgehead atoms. The fourth-order valence-electron chi connectivity index (χ4n) is 2.10. The van der Waals surface area contributed by atoms with Crippen molar-refractivity contribution in [2.24, 2.45) is 0 Å².